The Balaban J connectivity index is 2.00. The minimum Gasteiger partial charge on any atom is -0.306 e. The third-order valence-corrected chi connectivity index (χ3v) is 3.53. The van der Waals surface area contributed by atoms with Gasteiger partial charge in [-0.25, -0.2) is 4.68 Å². The van der Waals surface area contributed by atoms with Crippen molar-refractivity contribution >= 4 is 28.4 Å². The Kier molecular flexibility index (Phi) is 3.53. The molecule has 0 fully saturated rings. The van der Waals surface area contributed by atoms with E-state index >= 15 is 0 Å². The van der Waals surface area contributed by atoms with Crippen molar-refractivity contribution in [1.82, 2.24) is 20.0 Å². The molecule has 0 aliphatic heterocycles. The number of hydrogen-bond acceptors (Lipinski definition) is 5. The van der Waals surface area contributed by atoms with Crippen LogP contribution in [0.1, 0.15) is 23.0 Å². The molecule has 0 atom stereocenters. The van der Waals surface area contributed by atoms with Gasteiger partial charge in [-0.15, -0.1) is 0 Å². The number of aromatic nitrogens is 4. The number of aryl methyl sites for hydroxylation is 2. The third-order valence-electron chi connectivity index (χ3n) is 3.53. The van der Waals surface area contributed by atoms with Crippen molar-refractivity contribution in [1.29, 1.82) is 0 Å². The van der Waals surface area contributed by atoms with Crippen LogP contribution in [0, 0.1) is 10.1 Å². The maximum atomic E-state index is 12.4. The lowest BCUT2D eigenvalue weighted by atomic mass is 10.1. The Hall–Kier alpha value is -3.23. The average Bonchev–Trinajstić information content (AvgIpc) is 3.09. The highest BCUT2D eigenvalue weighted by atomic mass is 16.6. The number of carbonyl (C=O) groups is 1. The molecule has 2 aromatic heterocycles. The summed E-state index contributed by atoms with van der Waals surface area (Å²) in [7, 11) is 1.76. The van der Waals surface area contributed by atoms with E-state index < -0.39 is 10.8 Å². The maximum Gasteiger partial charge on any atom is 0.282 e. The zero-order chi connectivity index (χ0) is 16.6. The fourth-order valence-corrected chi connectivity index (χ4v) is 2.46. The predicted molar refractivity (Wildman–Crippen MR) is 83.3 cm³/mol. The summed E-state index contributed by atoms with van der Waals surface area (Å²) in [4.78, 5) is 22.8. The van der Waals surface area contributed by atoms with E-state index in [4.69, 9.17) is 0 Å². The molecule has 23 heavy (non-hydrogen) atoms. The number of anilines is 1. The second-order valence-corrected chi connectivity index (χ2v) is 4.95. The Morgan fingerprint density at radius 2 is 2.17 bits per heavy atom. The molecule has 1 amide bonds. The van der Waals surface area contributed by atoms with Crippen molar-refractivity contribution in [2.24, 2.45) is 7.05 Å². The molecule has 9 heteroatoms. The average molecular weight is 314 g/mol. The minimum absolute atomic E-state index is 0.0119. The fraction of sp³-hybridized carbons (Fsp3) is 0.214. The summed E-state index contributed by atoms with van der Waals surface area (Å²) >= 11 is 0. The van der Waals surface area contributed by atoms with E-state index in [0.29, 0.717) is 23.3 Å². The molecule has 9 nitrogen and oxygen atoms in total. The lowest BCUT2D eigenvalue weighted by Gasteiger charge is -2.04. The van der Waals surface area contributed by atoms with Crippen LogP contribution in [0.25, 0.3) is 11.0 Å². The molecule has 0 aliphatic carbocycles. The Morgan fingerprint density at radius 3 is 2.87 bits per heavy atom. The summed E-state index contributed by atoms with van der Waals surface area (Å²) in [5.41, 5.74) is 1.14. The van der Waals surface area contributed by atoms with Crippen LogP contribution in [0.2, 0.25) is 0 Å². The SMILES string of the molecule is CCc1nn(C)c2n[nH]c(NC(=O)c3ccccc3[N+](=O)[O-])c12. The van der Waals surface area contributed by atoms with Gasteiger partial charge in [-0.05, 0) is 12.5 Å². The van der Waals surface area contributed by atoms with Crippen LogP contribution in [0.15, 0.2) is 24.3 Å². The molecule has 3 rings (SSSR count). The topological polar surface area (TPSA) is 119 Å². The highest BCUT2D eigenvalue weighted by molar-refractivity contribution is 6.10. The number of nitrogens with one attached hydrogen (secondary N) is 2. The lowest BCUT2D eigenvalue weighted by Crippen LogP contribution is -2.14. The van der Waals surface area contributed by atoms with Crippen LogP contribution < -0.4 is 5.32 Å². The smallest absolute Gasteiger partial charge is 0.282 e. The molecular formula is C14H14N6O3. The second-order valence-electron chi connectivity index (χ2n) is 4.95. The van der Waals surface area contributed by atoms with E-state index in [9.17, 15) is 14.9 Å². The van der Waals surface area contributed by atoms with Gasteiger partial charge in [-0.3, -0.25) is 20.0 Å². The van der Waals surface area contributed by atoms with Gasteiger partial charge in [0, 0.05) is 13.1 Å². The van der Waals surface area contributed by atoms with Crippen LogP contribution in [0.3, 0.4) is 0 Å². The number of para-hydroxylation sites is 1. The van der Waals surface area contributed by atoms with Gasteiger partial charge < -0.3 is 5.32 Å². The first-order valence-corrected chi connectivity index (χ1v) is 6.97. The van der Waals surface area contributed by atoms with Crippen LogP contribution in [-0.4, -0.2) is 30.8 Å². The van der Waals surface area contributed by atoms with Gasteiger partial charge in [0.1, 0.15) is 11.4 Å². The van der Waals surface area contributed by atoms with Crippen molar-refractivity contribution < 1.29 is 9.72 Å². The molecule has 118 valence electrons. The molecule has 0 saturated heterocycles. The van der Waals surface area contributed by atoms with Gasteiger partial charge in [-0.2, -0.15) is 10.2 Å². The lowest BCUT2D eigenvalue weighted by molar-refractivity contribution is -0.385. The summed E-state index contributed by atoms with van der Waals surface area (Å²) in [6, 6.07) is 5.79. The summed E-state index contributed by atoms with van der Waals surface area (Å²) in [5, 5.41) is 25.6. The number of fused-ring (bicyclic) bond motifs is 1. The largest absolute Gasteiger partial charge is 0.306 e. The van der Waals surface area contributed by atoms with Crippen LogP contribution in [0.5, 0.6) is 0 Å². The van der Waals surface area contributed by atoms with Crippen molar-refractivity contribution in [3.8, 4) is 0 Å². The number of amides is 1. The quantitative estimate of drug-likeness (QED) is 0.564. The highest BCUT2D eigenvalue weighted by Gasteiger charge is 2.22. The first kappa shape index (κ1) is 14.7. The maximum absolute atomic E-state index is 12.4. The van der Waals surface area contributed by atoms with Gasteiger partial charge in [0.05, 0.1) is 16.0 Å². The fourth-order valence-electron chi connectivity index (χ4n) is 2.46. The van der Waals surface area contributed by atoms with Gasteiger partial charge >= 0.3 is 0 Å². The highest BCUT2D eigenvalue weighted by Crippen LogP contribution is 2.26. The monoisotopic (exact) mass is 314 g/mol. The first-order chi connectivity index (χ1) is 11.0. The van der Waals surface area contributed by atoms with E-state index in [1.807, 2.05) is 6.92 Å². The number of nitrogens with zero attached hydrogens (tertiary/aromatic N) is 4. The Labute approximate surface area is 130 Å². The van der Waals surface area contributed by atoms with E-state index in [1.165, 1.54) is 18.2 Å². The van der Waals surface area contributed by atoms with Crippen LogP contribution >= 0.6 is 0 Å². The molecule has 0 saturated carbocycles. The molecule has 1 aromatic carbocycles. The summed E-state index contributed by atoms with van der Waals surface area (Å²) in [6.45, 7) is 1.95. The standard InChI is InChI=1S/C14H14N6O3/c1-3-9-11-12(16-17-13(11)19(2)18-9)15-14(21)8-6-4-5-7-10(8)20(22)23/h4-7H,3H2,1-2H3,(H2,15,16,17,21). The molecule has 0 aliphatic rings. The predicted octanol–water partition coefficient (Wildman–Crippen LogP) is 2.02. The molecule has 0 bridgehead atoms. The number of nitro benzene ring substituents is 1. The summed E-state index contributed by atoms with van der Waals surface area (Å²) in [6.07, 6.45) is 0.672. The van der Waals surface area contributed by atoms with Gasteiger partial charge in [0.15, 0.2) is 5.65 Å². The number of hydrogen-bond donors (Lipinski definition) is 2. The third kappa shape index (κ3) is 2.41. The van der Waals surface area contributed by atoms with Crippen LogP contribution in [0.4, 0.5) is 11.5 Å². The minimum atomic E-state index is -0.584. The van der Waals surface area contributed by atoms with Crippen molar-refractivity contribution in [3.63, 3.8) is 0 Å². The van der Waals surface area contributed by atoms with E-state index in [-0.39, 0.29) is 11.3 Å². The zero-order valence-electron chi connectivity index (χ0n) is 12.5. The van der Waals surface area contributed by atoms with Gasteiger partial charge in [0.25, 0.3) is 11.6 Å². The molecule has 2 N–H and O–H groups in total. The Morgan fingerprint density at radius 1 is 1.43 bits per heavy atom. The number of carbonyl (C=O) groups excluding carboxylic acids is 1. The summed E-state index contributed by atoms with van der Waals surface area (Å²) in [5.74, 6) is -0.193. The van der Waals surface area contributed by atoms with Crippen molar-refractivity contribution in [2.45, 2.75) is 13.3 Å². The normalized spacial score (nSPS) is 10.9. The molecule has 0 spiro atoms. The number of aromatic amines is 1. The molecular weight excluding hydrogens is 300 g/mol. The van der Waals surface area contributed by atoms with E-state index in [0.717, 1.165) is 5.69 Å². The second kappa shape index (κ2) is 5.52. The summed E-state index contributed by atoms with van der Waals surface area (Å²) < 4.78 is 1.62. The Bertz CT molecular complexity index is 911. The molecule has 0 unspecified atom stereocenters. The molecule has 3 aromatic rings. The first-order valence-electron chi connectivity index (χ1n) is 6.97. The van der Waals surface area contributed by atoms with Crippen molar-refractivity contribution in [2.75, 3.05) is 5.32 Å². The number of rotatable bonds is 4. The molecule has 2 heterocycles. The van der Waals surface area contributed by atoms with E-state index in [1.54, 1.807) is 17.8 Å². The number of nitro groups is 1. The van der Waals surface area contributed by atoms with Crippen molar-refractivity contribution in [3.05, 3.63) is 45.6 Å². The van der Waals surface area contributed by atoms with Gasteiger partial charge in [-0.1, -0.05) is 19.1 Å². The van der Waals surface area contributed by atoms with Gasteiger partial charge in [0.2, 0.25) is 0 Å². The number of H-pyrrole nitrogens is 1. The zero-order valence-corrected chi connectivity index (χ0v) is 12.5. The van der Waals surface area contributed by atoms with E-state index in [2.05, 4.69) is 20.6 Å². The number of benzene rings is 1. The van der Waals surface area contributed by atoms with Crippen LogP contribution in [-0.2, 0) is 13.5 Å². The molecule has 0 radical (unpaired) electrons.